The molecule has 0 bridgehead atoms. The SMILES string of the molecule is COC(=O)c1cc(Cl)ccc1NC(=O)C1CCCN1. The minimum atomic E-state index is -0.530. The fourth-order valence-electron chi connectivity index (χ4n) is 2.03. The van der Waals surface area contributed by atoms with Gasteiger partial charge in [0.05, 0.1) is 24.4 Å². The Morgan fingerprint density at radius 1 is 1.47 bits per heavy atom. The monoisotopic (exact) mass is 282 g/mol. The second-order valence-electron chi connectivity index (χ2n) is 4.32. The van der Waals surface area contributed by atoms with Crippen LogP contribution in [0, 0.1) is 0 Å². The zero-order valence-corrected chi connectivity index (χ0v) is 11.3. The lowest BCUT2D eigenvalue weighted by molar-refractivity contribution is -0.117. The van der Waals surface area contributed by atoms with Crippen molar-refractivity contribution < 1.29 is 14.3 Å². The molecule has 1 heterocycles. The zero-order valence-electron chi connectivity index (χ0n) is 10.5. The first-order valence-corrected chi connectivity index (χ1v) is 6.41. The van der Waals surface area contributed by atoms with Gasteiger partial charge in [-0.1, -0.05) is 11.6 Å². The minimum Gasteiger partial charge on any atom is -0.465 e. The first-order chi connectivity index (χ1) is 9.11. The summed E-state index contributed by atoms with van der Waals surface area (Å²) in [5, 5.41) is 6.24. The van der Waals surface area contributed by atoms with Gasteiger partial charge in [-0.25, -0.2) is 4.79 Å². The van der Waals surface area contributed by atoms with Gasteiger partial charge in [0.2, 0.25) is 5.91 Å². The van der Waals surface area contributed by atoms with Crippen molar-refractivity contribution in [3.05, 3.63) is 28.8 Å². The largest absolute Gasteiger partial charge is 0.465 e. The maximum atomic E-state index is 12.0. The highest BCUT2D eigenvalue weighted by Crippen LogP contribution is 2.22. The maximum Gasteiger partial charge on any atom is 0.340 e. The van der Waals surface area contributed by atoms with Crippen LogP contribution in [0.4, 0.5) is 5.69 Å². The Balaban J connectivity index is 2.19. The van der Waals surface area contributed by atoms with E-state index >= 15 is 0 Å². The molecule has 1 atom stereocenters. The molecule has 2 N–H and O–H groups in total. The molecule has 0 aliphatic carbocycles. The lowest BCUT2D eigenvalue weighted by Crippen LogP contribution is -2.35. The predicted molar refractivity (Wildman–Crippen MR) is 72.4 cm³/mol. The molecule has 0 radical (unpaired) electrons. The van der Waals surface area contributed by atoms with Crippen molar-refractivity contribution in [3.63, 3.8) is 0 Å². The molecule has 1 aliphatic heterocycles. The molecule has 1 fully saturated rings. The molecule has 1 unspecified atom stereocenters. The van der Waals surface area contributed by atoms with E-state index < -0.39 is 5.97 Å². The van der Waals surface area contributed by atoms with Gasteiger partial charge < -0.3 is 15.4 Å². The minimum absolute atomic E-state index is 0.148. The van der Waals surface area contributed by atoms with Crippen molar-refractivity contribution in [2.75, 3.05) is 19.0 Å². The summed E-state index contributed by atoms with van der Waals surface area (Å²) in [5.74, 6) is -0.679. The van der Waals surface area contributed by atoms with Crippen LogP contribution in [0.1, 0.15) is 23.2 Å². The Bertz CT molecular complexity index is 499. The molecule has 5 nitrogen and oxygen atoms in total. The number of ether oxygens (including phenoxy) is 1. The second kappa shape index (κ2) is 6.04. The topological polar surface area (TPSA) is 67.4 Å². The number of carbonyl (C=O) groups excluding carboxylic acids is 2. The van der Waals surface area contributed by atoms with Crippen LogP contribution in [-0.2, 0) is 9.53 Å². The highest BCUT2D eigenvalue weighted by Gasteiger charge is 2.23. The maximum absolute atomic E-state index is 12.0. The van der Waals surface area contributed by atoms with Crippen molar-refractivity contribution in [1.29, 1.82) is 0 Å². The number of hydrogen-bond acceptors (Lipinski definition) is 4. The lowest BCUT2D eigenvalue weighted by atomic mass is 10.1. The fraction of sp³-hybridized carbons (Fsp3) is 0.385. The van der Waals surface area contributed by atoms with Gasteiger partial charge >= 0.3 is 5.97 Å². The summed E-state index contributed by atoms with van der Waals surface area (Å²) < 4.78 is 4.67. The first-order valence-electron chi connectivity index (χ1n) is 6.04. The molecule has 2 rings (SSSR count). The molecule has 0 aromatic heterocycles. The highest BCUT2D eigenvalue weighted by molar-refractivity contribution is 6.31. The number of anilines is 1. The second-order valence-corrected chi connectivity index (χ2v) is 4.76. The van der Waals surface area contributed by atoms with Crippen LogP contribution in [0.15, 0.2) is 18.2 Å². The molecule has 19 heavy (non-hydrogen) atoms. The summed E-state index contributed by atoms with van der Waals surface area (Å²) in [5.41, 5.74) is 0.663. The van der Waals surface area contributed by atoms with Gasteiger partial charge in [0, 0.05) is 5.02 Å². The van der Waals surface area contributed by atoms with Gasteiger partial charge in [0.15, 0.2) is 0 Å². The molecule has 0 spiro atoms. The number of halogens is 1. The van der Waals surface area contributed by atoms with Crippen LogP contribution in [0.25, 0.3) is 0 Å². The van der Waals surface area contributed by atoms with Crippen molar-refractivity contribution in [1.82, 2.24) is 5.32 Å². The number of nitrogens with one attached hydrogen (secondary N) is 2. The van der Waals surface area contributed by atoms with Crippen LogP contribution in [0.2, 0.25) is 5.02 Å². The molecule has 1 saturated heterocycles. The van der Waals surface area contributed by atoms with Gasteiger partial charge in [-0.2, -0.15) is 0 Å². The lowest BCUT2D eigenvalue weighted by Gasteiger charge is -2.13. The fourth-order valence-corrected chi connectivity index (χ4v) is 2.20. The standard InChI is InChI=1S/C13H15ClN2O3/c1-19-13(18)9-7-8(14)4-5-10(9)16-12(17)11-3-2-6-15-11/h4-5,7,11,15H,2-3,6H2,1H3,(H,16,17). The van der Waals surface area contributed by atoms with Crippen LogP contribution in [0.3, 0.4) is 0 Å². The van der Waals surface area contributed by atoms with Gasteiger partial charge in [-0.15, -0.1) is 0 Å². The van der Waals surface area contributed by atoms with Crippen molar-refractivity contribution >= 4 is 29.2 Å². The molecule has 1 amide bonds. The van der Waals surface area contributed by atoms with E-state index in [0.29, 0.717) is 10.7 Å². The van der Waals surface area contributed by atoms with Crippen molar-refractivity contribution in [2.24, 2.45) is 0 Å². The number of hydrogen-bond donors (Lipinski definition) is 2. The van der Waals surface area contributed by atoms with E-state index in [-0.39, 0.29) is 17.5 Å². The van der Waals surface area contributed by atoms with Crippen LogP contribution in [-0.4, -0.2) is 31.6 Å². The van der Waals surface area contributed by atoms with Gasteiger partial charge in [-0.3, -0.25) is 4.79 Å². The average Bonchev–Trinajstić information content (AvgIpc) is 2.94. The number of rotatable bonds is 3. The van der Waals surface area contributed by atoms with Crippen LogP contribution >= 0.6 is 11.6 Å². The van der Waals surface area contributed by atoms with Crippen LogP contribution in [0.5, 0.6) is 0 Å². The van der Waals surface area contributed by atoms with E-state index in [1.54, 1.807) is 12.1 Å². The summed E-state index contributed by atoms with van der Waals surface area (Å²) in [7, 11) is 1.29. The van der Waals surface area contributed by atoms with E-state index in [1.807, 2.05) is 0 Å². The Hall–Kier alpha value is -1.59. The smallest absolute Gasteiger partial charge is 0.340 e. The summed E-state index contributed by atoms with van der Waals surface area (Å²) in [4.78, 5) is 23.6. The Kier molecular flexibility index (Phi) is 4.39. The normalized spacial score (nSPS) is 18.1. The summed E-state index contributed by atoms with van der Waals surface area (Å²) in [6.45, 7) is 0.836. The number of esters is 1. The van der Waals surface area contributed by atoms with Gasteiger partial charge in [0.1, 0.15) is 0 Å². The molecular formula is C13H15ClN2O3. The molecule has 0 saturated carbocycles. The predicted octanol–water partition coefficient (Wildman–Crippen LogP) is 1.82. The number of benzene rings is 1. The van der Waals surface area contributed by atoms with Crippen LogP contribution < -0.4 is 10.6 Å². The van der Waals surface area contributed by atoms with E-state index in [1.165, 1.54) is 13.2 Å². The summed E-state index contributed by atoms with van der Waals surface area (Å²) in [6, 6.07) is 4.49. The molecule has 102 valence electrons. The first kappa shape index (κ1) is 13.8. The number of amides is 1. The van der Waals surface area contributed by atoms with E-state index in [4.69, 9.17) is 11.6 Å². The van der Waals surface area contributed by atoms with E-state index in [0.717, 1.165) is 19.4 Å². The summed E-state index contributed by atoms with van der Waals surface area (Å²) >= 11 is 5.85. The molecule has 1 aromatic rings. The third-order valence-electron chi connectivity index (χ3n) is 3.02. The molecular weight excluding hydrogens is 268 g/mol. The Morgan fingerprint density at radius 2 is 2.26 bits per heavy atom. The van der Waals surface area contributed by atoms with E-state index in [2.05, 4.69) is 15.4 Å². The average molecular weight is 283 g/mol. The van der Waals surface area contributed by atoms with Gasteiger partial charge in [-0.05, 0) is 37.6 Å². The zero-order chi connectivity index (χ0) is 13.8. The highest BCUT2D eigenvalue weighted by atomic mass is 35.5. The quantitative estimate of drug-likeness (QED) is 0.830. The number of carbonyl (C=O) groups is 2. The Labute approximate surface area is 116 Å². The number of methoxy groups -OCH3 is 1. The molecule has 6 heteroatoms. The third kappa shape index (κ3) is 3.24. The summed E-state index contributed by atoms with van der Waals surface area (Å²) in [6.07, 6.45) is 1.77. The van der Waals surface area contributed by atoms with Crippen molar-refractivity contribution in [2.45, 2.75) is 18.9 Å². The molecule has 1 aromatic carbocycles. The molecule has 1 aliphatic rings. The third-order valence-corrected chi connectivity index (χ3v) is 3.26. The van der Waals surface area contributed by atoms with Gasteiger partial charge in [0.25, 0.3) is 0 Å². The van der Waals surface area contributed by atoms with E-state index in [9.17, 15) is 9.59 Å². The Morgan fingerprint density at radius 3 is 2.89 bits per heavy atom. The van der Waals surface area contributed by atoms with Crippen molar-refractivity contribution in [3.8, 4) is 0 Å².